The molecule has 15 heavy (non-hydrogen) atoms. The maximum atomic E-state index is 8.63. The van der Waals surface area contributed by atoms with Crippen LogP contribution in [0, 0.1) is 0 Å². The minimum atomic E-state index is 0.133. The minimum absolute atomic E-state index is 0.133. The van der Waals surface area contributed by atoms with Crippen LogP contribution in [0.15, 0.2) is 30.3 Å². The molecule has 0 saturated heterocycles. The molecule has 4 nitrogen and oxygen atoms in total. The van der Waals surface area contributed by atoms with Gasteiger partial charge in [0.15, 0.2) is 0 Å². The Bertz CT molecular complexity index is 197. The molecule has 0 unspecified atom stereocenters. The van der Waals surface area contributed by atoms with Crippen molar-refractivity contribution in [3.63, 3.8) is 0 Å². The van der Waals surface area contributed by atoms with Gasteiger partial charge in [0.2, 0.25) is 0 Å². The molecule has 1 aromatic carbocycles. The molecule has 2 N–H and O–H groups in total. The van der Waals surface area contributed by atoms with Gasteiger partial charge >= 0.3 is 0 Å². The van der Waals surface area contributed by atoms with Gasteiger partial charge in [0.1, 0.15) is 12.5 Å². The molecule has 0 atom stereocenters. The molecule has 86 valence electrons. The van der Waals surface area contributed by atoms with Crippen molar-refractivity contribution in [3.05, 3.63) is 30.3 Å². The molecule has 0 fully saturated rings. The lowest BCUT2D eigenvalue weighted by Gasteiger charge is -1.91. The normalized spacial score (nSPS) is 7.87. The number of hydrogen-bond donors (Lipinski definition) is 2. The highest BCUT2D eigenvalue weighted by atomic mass is 16.5. The monoisotopic (exact) mass is 214 g/mol. The Morgan fingerprint density at radius 3 is 2.00 bits per heavy atom. The molecule has 0 aliphatic heterocycles. The molecular weight excluding hydrogens is 196 g/mol. The summed E-state index contributed by atoms with van der Waals surface area (Å²) in [4.78, 5) is 8.00. The van der Waals surface area contributed by atoms with Gasteiger partial charge < -0.3 is 19.7 Å². The van der Waals surface area contributed by atoms with Crippen LogP contribution in [-0.2, 0) is 9.53 Å². The molecule has 0 saturated carbocycles. The number of rotatable bonds is 3. The number of benzene rings is 1. The molecule has 0 spiro atoms. The van der Waals surface area contributed by atoms with E-state index in [0.29, 0.717) is 19.0 Å². The van der Waals surface area contributed by atoms with Crippen molar-refractivity contribution < 1.29 is 19.7 Å². The highest BCUT2D eigenvalue weighted by molar-refractivity contribution is 5.18. The largest absolute Gasteiger partial charge is 0.508 e. The third kappa shape index (κ3) is 15.4. The Kier molecular flexibility index (Phi) is 16.2. The van der Waals surface area contributed by atoms with Crippen molar-refractivity contribution >= 4 is 6.79 Å². The zero-order valence-electron chi connectivity index (χ0n) is 8.93. The average Bonchev–Trinajstić information content (AvgIpc) is 2.31. The second-order valence-electron chi connectivity index (χ2n) is 2.26. The van der Waals surface area contributed by atoms with Crippen molar-refractivity contribution in [2.75, 3.05) is 19.8 Å². The highest BCUT2D eigenvalue weighted by Crippen LogP contribution is 2.02. The summed E-state index contributed by atoms with van der Waals surface area (Å²) in [5.41, 5.74) is 0. The van der Waals surface area contributed by atoms with Crippen LogP contribution in [0.5, 0.6) is 5.75 Å². The number of phenols is 1. The van der Waals surface area contributed by atoms with E-state index in [0.717, 1.165) is 0 Å². The predicted molar refractivity (Wildman–Crippen MR) is 58.8 cm³/mol. The van der Waals surface area contributed by atoms with Crippen molar-refractivity contribution in [2.45, 2.75) is 6.92 Å². The number of aliphatic hydroxyl groups is 1. The third-order valence-corrected chi connectivity index (χ3v) is 1.20. The topological polar surface area (TPSA) is 66.8 Å². The Morgan fingerprint density at radius 2 is 1.80 bits per heavy atom. The molecule has 0 aliphatic rings. The van der Waals surface area contributed by atoms with Gasteiger partial charge in [0.05, 0.1) is 13.2 Å². The first-order chi connectivity index (χ1) is 7.31. The number of carbonyl (C=O) groups is 1. The quantitative estimate of drug-likeness (QED) is 0.742. The number of aliphatic hydroxyl groups excluding tert-OH is 1. The second-order valence-corrected chi connectivity index (χ2v) is 2.26. The summed E-state index contributed by atoms with van der Waals surface area (Å²) in [6, 6.07) is 8.71. The van der Waals surface area contributed by atoms with Gasteiger partial charge in [0.25, 0.3) is 0 Å². The van der Waals surface area contributed by atoms with Crippen LogP contribution in [0.25, 0.3) is 0 Å². The van der Waals surface area contributed by atoms with Crippen molar-refractivity contribution in [1.29, 1.82) is 0 Å². The maximum Gasteiger partial charge on any atom is 0.115 e. The van der Waals surface area contributed by atoms with E-state index >= 15 is 0 Å². The molecule has 4 heteroatoms. The zero-order chi connectivity index (χ0) is 11.9. The molecule has 1 aromatic rings. The van der Waals surface area contributed by atoms with Gasteiger partial charge in [0, 0.05) is 6.61 Å². The molecule has 1 rings (SSSR count). The molecule has 0 heterocycles. The highest BCUT2D eigenvalue weighted by Gasteiger charge is 1.75. The van der Waals surface area contributed by atoms with Gasteiger partial charge in [-0.15, -0.1) is 0 Å². The van der Waals surface area contributed by atoms with Crippen molar-refractivity contribution in [1.82, 2.24) is 0 Å². The fourth-order valence-corrected chi connectivity index (χ4v) is 0.637. The lowest BCUT2D eigenvalue weighted by Crippen LogP contribution is -1.96. The second kappa shape index (κ2) is 15.1. The summed E-state index contributed by atoms with van der Waals surface area (Å²) >= 11 is 0. The number of para-hydroxylation sites is 1. The van der Waals surface area contributed by atoms with Gasteiger partial charge in [-0.3, -0.25) is 0 Å². The smallest absolute Gasteiger partial charge is 0.115 e. The summed E-state index contributed by atoms with van der Waals surface area (Å²) in [6.07, 6.45) is 0. The summed E-state index contributed by atoms with van der Waals surface area (Å²) < 4.78 is 4.73. The average molecular weight is 214 g/mol. The number of phenolic OH excluding ortho intramolecular Hbond substituents is 1. The van der Waals surface area contributed by atoms with E-state index in [1.165, 1.54) is 0 Å². The summed E-state index contributed by atoms with van der Waals surface area (Å²) in [7, 11) is 0. The Balaban J connectivity index is 0. The minimum Gasteiger partial charge on any atom is -0.508 e. The Hall–Kier alpha value is -1.39. The zero-order valence-corrected chi connectivity index (χ0v) is 8.93. The lowest BCUT2D eigenvalue weighted by atomic mass is 10.3. The van der Waals surface area contributed by atoms with Gasteiger partial charge in [-0.2, -0.15) is 0 Å². The van der Waals surface area contributed by atoms with E-state index in [9.17, 15) is 0 Å². The van der Waals surface area contributed by atoms with E-state index < -0.39 is 0 Å². The molecule has 0 bridgehead atoms. The number of ether oxygens (including phenoxy) is 1. The van der Waals surface area contributed by atoms with Crippen LogP contribution < -0.4 is 0 Å². The van der Waals surface area contributed by atoms with Gasteiger partial charge in [-0.05, 0) is 19.1 Å². The predicted octanol–water partition coefficient (Wildman–Crippen LogP) is 1.22. The standard InChI is InChI=1S/C6H6O.C4H10O2.CH2O/c7-6-4-2-1-3-5-6;1-2-6-4-3-5;1-2/h1-5,7H;5H,2-4H2,1H3;1H2. The van der Waals surface area contributed by atoms with Crippen LogP contribution in [0.2, 0.25) is 0 Å². The van der Waals surface area contributed by atoms with Gasteiger partial charge in [-0.25, -0.2) is 0 Å². The number of hydrogen-bond acceptors (Lipinski definition) is 4. The third-order valence-electron chi connectivity index (χ3n) is 1.20. The SMILES string of the molecule is C=O.CCOCCO.Oc1ccccc1. The molecular formula is C11H18O4. The van der Waals surface area contributed by atoms with Crippen molar-refractivity contribution in [2.24, 2.45) is 0 Å². The van der Waals surface area contributed by atoms with E-state index in [4.69, 9.17) is 19.7 Å². The van der Waals surface area contributed by atoms with Gasteiger partial charge in [-0.1, -0.05) is 18.2 Å². The Morgan fingerprint density at radius 1 is 1.27 bits per heavy atom. The Labute approximate surface area is 90.1 Å². The van der Waals surface area contributed by atoms with E-state index in [2.05, 4.69) is 0 Å². The van der Waals surface area contributed by atoms with Crippen molar-refractivity contribution in [3.8, 4) is 5.75 Å². The van der Waals surface area contributed by atoms with E-state index in [1.807, 2.05) is 19.8 Å². The fraction of sp³-hybridized carbons (Fsp3) is 0.364. The molecule has 0 aliphatic carbocycles. The van der Waals surface area contributed by atoms with E-state index in [1.54, 1.807) is 24.3 Å². The maximum absolute atomic E-state index is 8.63. The van der Waals surface area contributed by atoms with Crippen LogP contribution in [0.1, 0.15) is 6.92 Å². The van der Waals surface area contributed by atoms with E-state index in [-0.39, 0.29) is 6.61 Å². The van der Waals surface area contributed by atoms with Crippen LogP contribution >= 0.6 is 0 Å². The molecule has 0 radical (unpaired) electrons. The summed E-state index contributed by atoms with van der Waals surface area (Å²) in [6.45, 7) is 5.20. The first-order valence-corrected chi connectivity index (χ1v) is 4.52. The van der Waals surface area contributed by atoms with Crippen LogP contribution in [-0.4, -0.2) is 36.8 Å². The van der Waals surface area contributed by atoms with Crippen LogP contribution in [0.3, 0.4) is 0 Å². The molecule has 0 amide bonds. The first kappa shape index (κ1) is 16.1. The fourth-order valence-electron chi connectivity index (χ4n) is 0.637. The molecule has 0 aromatic heterocycles. The first-order valence-electron chi connectivity index (χ1n) is 4.52. The summed E-state index contributed by atoms with van der Waals surface area (Å²) in [5, 5.41) is 16.7. The summed E-state index contributed by atoms with van der Waals surface area (Å²) in [5.74, 6) is 0.322. The lowest BCUT2D eigenvalue weighted by molar-refractivity contribution is -0.0979. The number of aromatic hydroxyl groups is 1. The number of carbonyl (C=O) groups excluding carboxylic acids is 1. The van der Waals surface area contributed by atoms with Crippen LogP contribution in [0.4, 0.5) is 0 Å².